The lowest BCUT2D eigenvalue weighted by atomic mass is 10.7. The lowest BCUT2D eigenvalue weighted by molar-refractivity contribution is 0.0377. The highest BCUT2D eigenvalue weighted by Gasteiger charge is 2.00. The number of thioether (sulfide) groups is 1. The molecular formula is C8H16N4O3S. The van der Waals surface area contributed by atoms with E-state index in [4.69, 9.17) is 20.3 Å². The molecule has 0 aliphatic carbocycles. The summed E-state index contributed by atoms with van der Waals surface area (Å²) in [4.78, 5) is 3.94. The van der Waals surface area contributed by atoms with Crippen LogP contribution in [0.2, 0.25) is 0 Å². The Balaban J connectivity index is 1.88. The molecule has 1 aromatic heterocycles. The summed E-state index contributed by atoms with van der Waals surface area (Å²) in [5, 5.41) is 15.5. The van der Waals surface area contributed by atoms with Gasteiger partial charge in [-0.25, -0.2) is 5.10 Å². The molecule has 0 aromatic carbocycles. The normalized spacial score (nSPS) is 10.8. The molecule has 1 rings (SSSR count). The number of aromatic amines is 1. The average Bonchev–Trinajstić information content (AvgIpc) is 2.68. The molecule has 1 aromatic rings. The first kappa shape index (κ1) is 13.2. The quantitative estimate of drug-likeness (QED) is 0.399. The van der Waals surface area contributed by atoms with Crippen LogP contribution in [0.25, 0.3) is 0 Å². The highest BCUT2D eigenvalue weighted by atomic mass is 32.2. The van der Waals surface area contributed by atoms with Crippen LogP contribution in [-0.2, 0) is 9.47 Å². The Kier molecular flexibility index (Phi) is 6.90. The smallest absolute Gasteiger partial charge is 0.216 e. The number of aliphatic hydroxyl groups is 1. The Labute approximate surface area is 97.7 Å². The van der Waals surface area contributed by atoms with Gasteiger partial charge in [-0.15, -0.1) is 5.10 Å². The second kappa shape index (κ2) is 8.34. The lowest BCUT2D eigenvalue weighted by Gasteiger charge is -2.03. The van der Waals surface area contributed by atoms with E-state index in [9.17, 15) is 0 Å². The van der Waals surface area contributed by atoms with Crippen molar-refractivity contribution < 1.29 is 14.6 Å². The van der Waals surface area contributed by atoms with Gasteiger partial charge in [-0.3, -0.25) is 0 Å². The molecule has 7 nitrogen and oxygen atoms in total. The molecule has 0 saturated carbocycles. The van der Waals surface area contributed by atoms with Gasteiger partial charge in [-0.2, -0.15) is 4.98 Å². The number of H-pyrrole nitrogens is 1. The van der Waals surface area contributed by atoms with Crippen LogP contribution in [0.4, 0.5) is 5.95 Å². The second-order valence-corrected chi connectivity index (χ2v) is 3.86. The van der Waals surface area contributed by atoms with E-state index in [1.165, 1.54) is 11.8 Å². The van der Waals surface area contributed by atoms with Crippen molar-refractivity contribution in [3.8, 4) is 0 Å². The van der Waals surface area contributed by atoms with Gasteiger partial charge in [-0.1, -0.05) is 11.8 Å². The Morgan fingerprint density at radius 1 is 1.25 bits per heavy atom. The Bertz CT molecular complexity index is 284. The molecule has 0 unspecified atom stereocenters. The molecule has 0 radical (unpaired) electrons. The number of nitrogen functional groups attached to an aromatic ring is 1. The summed E-state index contributed by atoms with van der Waals surface area (Å²) in [5.41, 5.74) is 5.37. The molecule has 0 atom stereocenters. The van der Waals surface area contributed by atoms with Crippen molar-refractivity contribution in [2.45, 2.75) is 5.16 Å². The molecule has 0 saturated heterocycles. The SMILES string of the molecule is Nc1nc(SCCOCCOCCO)n[nH]1. The van der Waals surface area contributed by atoms with Gasteiger partial charge in [0, 0.05) is 5.75 Å². The number of rotatable bonds is 9. The third-order valence-corrected chi connectivity index (χ3v) is 2.36. The van der Waals surface area contributed by atoms with Gasteiger partial charge in [-0.05, 0) is 0 Å². The highest BCUT2D eigenvalue weighted by molar-refractivity contribution is 7.99. The third kappa shape index (κ3) is 5.91. The van der Waals surface area contributed by atoms with Gasteiger partial charge >= 0.3 is 0 Å². The fourth-order valence-corrected chi connectivity index (χ4v) is 1.56. The number of ether oxygens (including phenoxy) is 2. The molecule has 92 valence electrons. The first-order chi connectivity index (χ1) is 7.83. The van der Waals surface area contributed by atoms with E-state index in [-0.39, 0.29) is 6.61 Å². The molecule has 0 aliphatic heterocycles. The molecule has 8 heteroatoms. The fraction of sp³-hybridized carbons (Fsp3) is 0.750. The highest BCUT2D eigenvalue weighted by Crippen LogP contribution is 2.11. The van der Waals surface area contributed by atoms with E-state index in [2.05, 4.69) is 15.2 Å². The van der Waals surface area contributed by atoms with Gasteiger partial charge in [0.1, 0.15) is 0 Å². The van der Waals surface area contributed by atoms with Gasteiger partial charge in [0.2, 0.25) is 11.1 Å². The first-order valence-electron chi connectivity index (χ1n) is 4.90. The summed E-state index contributed by atoms with van der Waals surface area (Å²) in [6.07, 6.45) is 0. The largest absolute Gasteiger partial charge is 0.394 e. The minimum Gasteiger partial charge on any atom is -0.394 e. The van der Waals surface area contributed by atoms with Crippen LogP contribution in [0.15, 0.2) is 5.16 Å². The first-order valence-corrected chi connectivity index (χ1v) is 5.88. The van der Waals surface area contributed by atoms with Gasteiger partial charge < -0.3 is 20.3 Å². The summed E-state index contributed by atoms with van der Waals surface area (Å²) in [5.74, 6) is 1.08. The van der Waals surface area contributed by atoms with Crippen LogP contribution < -0.4 is 5.73 Å². The van der Waals surface area contributed by atoms with Crippen LogP contribution >= 0.6 is 11.8 Å². The molecule has 0 amide bonds. The van der Waals surface area contributed by atoms with Crippen LogP contribution in [0.3, 0.4) is 0 Å². The summed E-state index contributed by atoms with van der Waals surface area (Å²) in [7, 11) is 0. The minimum atomic E-state index is 0.0438. The second-order valence-electron chi connectivity index (χ2n) is 2.80. The van der Waals surface area contributed by atoms with E-state index in [1.807, 2.05) is 0 Å². The number of nitrogens with one attached hydrogen (secondary N) is 1. The summed E-state index contributed by atoms with van der Waals surface area (Å²) >= 11 is 1.47. The molecule has 0 aliphatic rings. The molecule has 16 heavy (non-hydrogen) atoms. The maximum absolute atomic E-state index is 8.44. The number of hydrogen-bond donors (Lipinski definition) is 3. The standard InChI is InChI=1S/C8H16N4O3S/c9-7-10-8(12-11-7)16-6-5-15-4-3-14-2-1-13/h13H,1-6H2,(H3,9,10,11,12). The number of aromatic nitrogens is 3. The Morgan fingerprint density at radius 3 is 2.62 bits per heavy atom. The van der Waals surface area contributed by atoms with Gasteiger partial charge in [0.15, 0.2) is 0 Å². The van der Waals surface area contributed by atoms with Crippen molar-refractivity contribution in [2.75, 3.05) is 44.5 Å². The molecule has 1 heterocycles. The van der Waals surface area contributed by atoms with E-state index in [0.29, 0.717) is 37.5 Å². The summed E-state index contributed by atoms with van der Waals surface area (Å²) < 4.78 is 10.3. The number of nitrogens with zero attached hydrogens (tertiary/aromatic N) is 2. The third-order valence-electron chi connectivity index (χ3n) is 1.55. The van der Waals surface area contributed by atoms with E-state index >= 15 is 0 Å². The lowest BCUT2D eigenvalue weighted by Crippen LogP contribution is -2.08. The number of hydrogen-bond acceptors (Lipinski definition) is 7. The van der Waals surface area contributed by atoms with Crippen molar-refractivity contribution >= 4 is 17.7 Å². The number of anilines is 1. The number of nitrogens with two attached hydrogens (primary N) is 1. The topological polar surface area (TPSA) is 106 Å². The van der Waals surface area contributed by atoms with Crippen LogP contribution in [-0.4, -0.2) is 59.1 Å². The van der Waals surface area contributed by atoms with Crippen LogP contribution in [0.5, 0.6) is 0 Å². The van der Waals surface area contributed by atoms with Gasteiger partial charge in [0.25, 0.3) is 0 Å². The summed E-state index contributed by atoms with van der Waals surface area (Å²) in [6.45, 7) is 2.02. The van der Waals surface area contributed by atoms with E-state index in [1.54, 1.807) is 0 Å². The zero-order valence-corrected chi connectivity index (χ0v) is 9.70. The van der Waals surface area contributed by atoms with Crippen LogP contribution in [0, 0.1) is 0 Å². The maximum atomic E-state index is 8.44. The van der Waals surface area contributed by atoms with E-state index in [0.717, 1.165) is 5.75 Å². The molecule has 0 spiro atoms. The molecule has 0 fully saturated rings. The van der Waals surface area contributed by atoms with Crippen molar-refractivity contribution in [3.63, 3.8) is 0 Å². The zero-order valence-electron chi connectivity index (χ0n) is 8.89. The minimum absolute atomic E-state index is 0.0438. The van der Waals surface area contributed by atoms with Crippen molar-refractivity contribution in [1.29, 1.82) is 0 Å². The molecular weight excluding hydrogens is 232 g/mol. The molecule has 0 bridgehead atoms. The Morgan fingerprint density at radius 2 is 2.00 bits per heavy atom. The monoisotopic (exact) mass is 248 g/mol. The molecule has 4 N–H and O–H groups in total. The summed E-state index contributed by atoms with van der Waals surface area (Å²) in [6, 6.07) is 0. The van der Waals surface area contributed by atoms with Crippen molar-refractivity contribution in [3.05, 3.63) is 0 Å². The van der Waals surface area contributed by atoms with Gasteiger partial charge in [0.05, 0.1) is 33.0 Å². The van der Waals surface area contributed by atoms with E-state index < -0.39 is 0 Å². The van der Waals surface area contributed by atoms with Crippen LogP contribution in [0.1, 0.15) is 0 Å². The predicted octanol–water partition coefficient (Wildman–Crippen LogP) is -0.496. The van der Waals surface area contributed by atoms with Crippen molar-refractivity contribution in [1.82, 2.24) is 15.2 Å². The predicted molar refractivity (Wildman–Crippen MR) is 60.2 cm³/mol. The van der Waals surface area contributed by atoms with Crippen molar-refractivity contribution in [2.24, 2.45) is 0 Å². The fourth-order valence-electron chi connectivity index (χ4n) is 0.901. The number of aliphatic hydroxyl groups excluding tert-OH is 1. The Hall–Kier alpha value is -0.830. The zero-order chi connectivity index (χ0) is 11.6. The average molecular weight is 248 g/mol. The maximum Gasteiger partial charge on any atom is 0.216 e.